The summed E-state index contributed by atoms with van der Waals surface area (Å²) >= 11 is 0. The monoisotopic (exact) mass is 298 g/mol. The van der Waals surface area contributed by atoms with E-state index in [9.17, 15) is 14.7 Å². The molecule has 0 aliphatic heterocycles. The third-order valence-electron chi connectivity index (χ3n) is 3.40. The molecule has 112 valence electrons. The molecule has 0 radical (unpaired) electrons. The molecule has 3 aromatic rings. The number of nitrogens with zero attached hydrogens (tertiary/aromatic N) is 1. The fourth-order valence-electron chi connectivity index (χ4n) is 2.30. The molecule has 0 spiro atoms. The van der Waals surface area contributed by atoms with Gasteiger partial charge in [0.25, 0.3) is 0 Å². The predicted molar refractivity (Wildman–Crippen MR) is 81.9 cm³/mol. The van der Waals surface area contributed by atoms with E-state index in [0.29, 0.717) is 16.8 Å². The summed E-state index contributed by atoms with van der Waals surface area (Å²) in [5.74, 6) is -0.907. The average Bonchev–Trinajstić information content (AvgIpc) is 2.82. The van der Waals surface area contributed by atoms with Gasteiger partial charge in [0, 0.05) is 11.8 Å². The Hall–Kier alpha value is -3.02. The maximum Gasteiger partial charge on any atom is 0.420 e. The van der Waals surface area contributed by atoms with Crippen molar-refractivity contribution in [3.8, 4) is 5.75 Å². The highest BCUT2D eigenvalue weighted by molar-refractivity contribution is 5.94. The van der Waals surface area contributed by atoms with Gasteiger partial charge in [-0.1, -0.05) is 18.2 Å². The van der Waals surface area contributed by atoms with Gasteiger partial charge in [-0.3, -0.25) is 9.36 Å². The summed E-state index contributed by atoms with van der Waals surface area (Å²) < 4.78 is 6.43. The van der Waals surface area contributed by atoms with Crippen molar-refractivity contribution in [1.29, 1.82) is 0 Å². The van der Waals surface area contributed by atoms with Crippen LogP contribution in [0.25, 0.3) is 11.1 Å². The zero-order valence-corrected chi connectivity index (χ0v) is 11.8. The second-order valence-corrected chi connectivity index (χ2v) is 4.92. The molecule has 2 N–H and O–H groups in total. The Balaban J connectivity index is 1.92. The molecule has 6 heteroatoms. The maximum absolute atomic E-state index is 12.3. The van der Waals surface area contributed by atoms with Crippen LogP contribution in [-0.4, -0.2) is 15.6 Å². The number of nitrogens with one attached hydrogen (secondary N) is 1. The molecular formula is C16H14N2O4. The lowest BCUT2D eigenvalue weighted by Crippen LogP contribution is -2.29. The normalized spacial score (nSPS) is 12.2. The van der Waals surface area contributed by atoms with E-state index in [1.54, 1.807) is 43.3 Å². The number of rotatable bonds is 3. The Morgan fingerprint density at radius 3 is 2.77 bits per heavy atom. The predicted octanol–water partition coefficient (Wildman–Crippen LogP) is 2.50. The van der Waals surface area contributed by atoms with E-state index < -0.39 is 11.8 Å². The fraction of sp³-hybridized carbons (Fsp3) is 0.125. The molecule has 0 saturated carbocycles. The van der Waals surface area contributed by atoms with Crippen LogP contribution in [0, 0.1) is 0 Å². The van der Waals surface area contributed by atoms with Crippen LogP contribution in [0.4, 0.5) is 5.69 Å². The first-order valence-corrected chi connectivity index (χ1v) is 6.76. The molecule has 0 aliphatic carbocycles. The van der Waals surface area contributed by atoms with E-state index in [0.717, 1.165) is 0 Å². The molecule has 1 amide bonds. The molecule has 1 aromatic heterocycles. The standard InChI is InChI=1S/C16H14N2O4/c1-10(15(20)17-11-5-4-6-12(19)9-11)18-13-7-2-3-8-14(13)22-16(18)21/h2-10,19H,1H3,(H,17,20). The van der Waals surface area contributed by atoms with Gasteiger partial charge in [-0.15, -0.1) is 0 Å². The Bertz CT molecular complexity index is 894. The number of hydrogen-bond donors (Lipinski definition) is 2. The molecule has 0 fully saturated rings. The number of anilines is 1. The average molecular weight is 298 g/mol. The van der Waals surface area contributed by atoms with Gasteiger partial charge in [-0.05, 0) is 31.2 Å². The van der Waals surface area contributed by atoms with Gasteiger partial charge in [0.1, 0.15) is 11.8 Å². The van der Waals surface area contributed by atoms with Crippen molar-refractivity contribution in [2.45, 2.75) is 13.0 Å². The number of para-hydroxylation sites is 2. The van der Waals surface area contributed by atoms with Gasteiger partial charge in [-0.25, -0.2) is 4.79 Å². The lowest BCUT2D eigenvalue weighted by Gasteiger charge is -2.13. The van der Waals surface area contributed by atoms with E-state index in [4.69, 9.17) is 4.42 Å². The number of carbonyl (C=O) groups excluding carboxylic acids is 1. The van der Waals surface area contributed by atoms with Gasteiger partial charge < -0.3 is 14.8 Å². The molecule has 1 heterocycles. The second kappa shape index (κ2) is 5.40. The van der Waals surface area contributed by atoms with Crippen LogP contribution in [0.3, 0.4) is 0 Å². The van der Waals surface area contributed by atoms with Crippen LogP contribution < -0.4 is 11.1 Å². The minimum Gasteiger partial charge on any atom is -0.508 e. The quantitative estimate of drug-likeness (QED) is 0.778. The molecule has 0 aliphatic rings. The summed E-state index contributed by atoms with van der Waals surface area (Å²) in [6.07, 6.45) is 0. The molecule has 1 unspecified atom stereocenters. The molecule has 1 atom stereocenters. The summed E-state index contributed by atoms with van der Waals surface area (Å²) in [7, 11) is 0. The van der Waals surface area contributed by atoms with Crippen molar-refractivity contribution in [2.75, 3.05) is 5.32 Å². The van der Waals surface area contributed by atoms with E-state index in [1.807, 2.05) is 0 Å². The van der Waals surface area contributed by atoms with E-state index in [1.165, 1.54) is 16.7 Å². The van der Waals surface area contributed by atoms with Crippen LogP contribution in [0.5, 0.6) is 5.75 Å². The number of phenolic OH excluding ortho intramolecular Hbond substituents is 1. The zero-order chi connectivity index (χ0) is 15.7. The maximum atomic E-state index is 12.3. The Morgan fingerprint density at radius 1 is 1.23 bits per heavy atom. The molecule has 3 rings (SSSR count). The first-order chi connectivity index (χ1) is 10.6. The van der Waals surface area contributed by atoms with Gasteiger partial charge in [-0.2, -0.15) is 0 Å². The van der Waals surface area contributed by atoms with Crippen LogP contribution in [-0.2, 0) is 4.79 Å². The summed E-state index contributed by atoms with van der Waals surface area (Å²) in [6.45, 7) is 1.61. The van der Waals surface area contributed by atoms with Crippen LogP contribution >= 0.6 is 0 Å². The first kappa shape index (κ1) is 13.9. The number of phenols is 1. The number of aromatic hydroxyl groups is 1. The SMILES string of the molecule is CC(C(=O)Nc1cccc(O)c1)n1c(=O)oc2ccccc21. The van der Waals surface area contributed by atoms with E-state index in [-0.39, 0.29) is 11.7 Å². The fourth-order valence-corrected chi connectivity index (χ4v) is 2.30. The van der Waals surface area contributed by atoms with Gasteiger partial charge in [0.05, 0.1) is 5.52 Å². The second-order valence-electron chi connectivity index (χ2n) is 4.92. The summed E-state index contributed by atoms with van der Waals surface area (Å²) in [4.78, 5) is 24.3. The summed E-state index contributed by atoms with van der Waals surface area (Å²) in [6, 6.07) is 12.4. The van der Waals surface area contributed by atoms with E-state index in [2.05, 4.69) is 5.32 Å². The largest absolute Gasteiger partial charge is 0.508 e. The smallest absolute Gasteiger partial charge is 0.420 e. The van der Waals surface area contributed by atoms with Crippen molar-refractivity contribution in [3.63, 3.8) is 0 Å². The molecule has 22 heavy (non-hydrogen) atoms. The number of hydrogen-bond acceptors (Lipinski definition) is 4. The third kappa shape index (κ3) is 2.46. The van der Waals surface area contributed by atoms with Gasteiger partial charge in [0.2, 0.25) is 5.91 Å². The highest BCUT2D eigenvalue weighted by Gasteiger charge is 2.21. The molecule has 6 nitrogen and oxygen atoms in total. The third-order valence-corrected chi connectivity index (χ3v) is 3.40. The van der Waals surface area contributed by atoms with E-state index >= 15 is 0 Å². The molecular weight excluding hydrogens is 284 g/mol. The van der Waals surface area contributed by atoms with Crippen molar-refractivity contribution in [2.24, 2.45) is 0 Å². The topological polar surface area (TPSA) is 84.5 Å². The molecule has 0 saturated heterocycles. The number of fused-ring (bicyclic) bond motifs is 1. The number of amides is 1. The van der Waals surface area contributed by atoms with Crippen molar-refractivity contribution >= 4 is 22.7 Å². The van der Waals surface area contributed by atoms with Gasteiger partial charge in [0.15, 0.2) is 5.58 Å². The number of oxazole rings is 1. The summed E-state index contributed by atoms with van der Waals surface area (Å²) in [5.41, 5.74) is 1.45. The summed E-state index contributed by atoms with van der Waals surface area (Å²) in [5, 5.41) is 12.1. The number of carbonyl (C=O) groups is 1. The highest BCUT2D eigenvalue weighted by Crippen LogP contribution is 2.20. The van der Waals surface area contributed by atoms with Crippen LogP contribution in [0.15, 0.2) is 57.7 Å². The minimum absolute atomic E-state index is 0.0522. The molecule has 2 aromatic carbocycles. The van der Waals surface area contributed by atoms with Crippen LogP contribution in [0.2, 0.25) is 0 Å². The number of aromatic nitrogens is 1. The van der Waals surface area contributed by atoms with Gasteiger partial charge >= 0.3 is 5.76 Å². The first-order valence-electron chi connectivity index (χ1n) is 6.76. The minimum atomic E-state index is -0.751. The highest BCUT2D eigenvalue weighted by atomic mass is 16.4. The Kier molecular flexibility index (Phi) is 3.42. The molecule has 0 bridgehead atoms. The van der Waals surface area contributed by atoms with Crippen molar-refractivity contribution in [3.05, 3.63) is 59.1 Å². The Morgan fingerprint density at radius 2 is 2.00 bits per heavy atom. The van der Waals surface area contributed by atoms with Crippen molar-refractivity contribution < 1.29 is 14.3 Å². The lowest BCUT2D eigenvalue weighted by atomic mass is 10.2. The van der Waals surface area contributed by atoms with Crippen molar-refractivity contribution in [1.82, 2.24) is 4.57 Å². The Labute approximate surface area is 125 Å². The van der Waals surface area contributed by atoms with Crippen LogP contribution in [0.1, 0.15) is 13.0 Å². The lowest BCUT2D eigenvalue weighted by molar-refractivity contribution is -0.118. The zero-order valence-electron chi connectivity index (χ0n) is 11.8. The number of benzene rings is 2.